The van der Waals surface area contributed by atoms with E-state index in [2.05, 4.69) is 0 Å². The fourth-order valence-electron chi connectivity index (χ4n) is 3.83. The van der Waals surface area contributed by atoms with E-state index < -0.39 is 43.7 Å². The summed E-state index contributed by atoms with van der Waals surface area (Å²) in [5.74, 6) is -1.09. The van der Waals surface area contributed by atoms with Crippen molar-refractivity contribution < 1.29 is 32.1 Å². The SMILES string of the molecule is O=C(NS(=O)(=O)c1ccc(OCC2(F)CCN(C(=O)C3CC3)CC2)c([N+](=O)[O-])c1)c1ccccc1. The van der Waals surface area contributed by atoms with Gasteiger partial charge in [-0.25, -0.2) is 17.5 Å². The molecule has 186 valence electrons. The normalized spacial score (nSPS) is 17.5. The number of nitro benzene ring substituents is 1. The molecule has 1 aliphatic heterocycles. The molecule has 0 aromatic heterocycles. The number of carbonyl (C=O) groups is 2. The second kappa shape index (κ2) is 9.61. The van der Waals surface area contributed by atoms with Gasteiger partial charge in [-0.1, -0.05) is 18.2 Å². The topological polar surface area (TPSA) is 136 Å². The van der Waals surface area contributed by atoms with Crippen molar-refractivity contribution in [2.45, 2.75) is 36.2 Å². The lowest BCUT2D eigenvalue weighted by Crippen LogP contribution is -2.47. The molecule has 2 aromatic carbocycles. The smallest absolute Gasteiger partial charge is 0.312 e. The van der Waals surface area contributed by atoms with Gasteiger partial charge >= 0.3 is 5.69 Å². The molecule has 10 nitrogen and oxygen atoms in total. The summed E-state index contributed by atoms with van der Waals surface area (Å²) < 4.78 is 47.7. The van der Waals surface area contributed by atoms with Gasteiger partial charge in [0.15, 0.2) is 5.75 Å². The molecule has 1 heterocycles. The Morgan fingerprint density at radius 3 is 2.40 bits per heavy atom. The molecule has 35 heavy (non-hydrogen) atoms. The maximum absolute atomic E-state index is 15.2. The molecule has 0 atom stereocenters. The van der Waals surface area contributed by atoms with Crippen LogP contribution >= 0.6 is 0 Å². The number of piperidine rings is 1. The molecular formula is C23H24FN3O7S. The second-order valence-corrected chi connectivity index (χ2v) is 10.4. The van der Waals surface area contributed by atoms with E-state index in [1.165, 1.54) is 12.1 Å². The fourth-order valence-corrected chi connectivity index (χ4v) is 4.82. The van der Waals surface area contributed by atoms with Gasteiger partial charge in [0, 0.05) is 43.5 Å². The Morgan fingerprint density at radius 1 is 1.14 bits per heavy atom. The highest BCUT2D eigenvalue weighted by Gasteiger charge is 2.41. The molecule has 1 aliphatic carbocycles. The zero-order valence-electron chi connectivity index (χ0n) is 18.7. The molecule has 0 radical (unpaired) electrons. The second-order valence-electron chi connectivity index (χ2n) is 8.73. The van der Waals surface area contributed by atoms with Crippen molar-refractivity contribution in [1.82, 2.24) is 9.62 Å². The van der Waals surface area contributed by atoms with Crippen molar-refractivity contribution in [3.8, 4) is 5.75 Å². The Kier molecular flexibility index (Phi) is 6.75. The van der Waals surface area contributed by atoms with Crippen LogP contribution in [0.5, 0.6) is 5.75 Å². The van der Waals surface area contributed by atoms with Crippen molar-refractivity contribution in [3.05, 3.63) is 64.2 Å². The van der Waals surface area contributed by atoms with Gasteiger partial charge in [-0.2, -0.15) is 0 Å². The number of hydrogen-bond donors (Lipinski definition) is 1. The quantitative estimate of drug-likeness (QED) is 0.430. The summed E-state index contributed by atoms with van der Waals surface area (Å²) in [5.41, 5.74) is -2.35. The zero-order chi connectivity index (χ0) is 25.2. The Morgan fingerprint density at radius 2 is 1.80 bits per heavy atom. The lowest BCUT2D eigenvalue weighted by atomic mass is 9.94. The average Bonchev–Trinajstić information content (AvgIpc) is 3.68. The van der Waals surface area contributed by atoms with E-state index in [1.54, 1.807) is 23.1 Å². The number of carbonyl (C=O) groups excluding carboxylic acids is 2. The van der Waals surface area contributed by atoms with E-state index >= 15 is 4.39 Å². The molecule has 4 rings (SSSR count). The van der Waals surface area contributed by atoms with E-state index in [1.807, 2.05) is 4.72 Å². The first-order valence-corrected chi connectivity index (χ1v) is 12.6. The monoisotopic (exact) mass is 505 g/mol. The minimum Gasteiger partial charge on any atom is -0.483 e. The number of hydrogen-bond acceptors (Lipinski definition) is 7. The van der Waals surface area contributed by atoms with Crippen molar-refractivity contribution in [2.75, 3.05) is 19.7 Å². The number of rotatable bonds is 8. The molecule has 1 N–H and O–H groups in total. The molecule has 2 aromatic rings. The molecule has 12 heteroatoms. The molecule has 1 saturated heterocycles. The molecule has 1 saturated carbocycles. The van der Waals surface area contributed by atoms with Crippen molar-refractivity contribution >= 4 is 27.5 Å². The first-order valence-electron chi connectivity index (χ1n) is 11.1. The molecule has 2 aliphatic rings. The van der Waals surface area contributed by atoms with Crippen LogP contribution in [0.4, 0.5) is 10.1 Å². The highest BCUT2D eigenvalue weighted by Crippen LogP contribution is 2.36. The van der Waals surface area contributed by atoms with Crippen LogP contribution in [0.2, 0.25) is 0 Å². The van der Waals surface area contributed by atoms with Gasteiger partial charge in [0.25, 0.3) is 15.9 Å². The van der Waals surface area contributed by atoms with Crippen LogP contribution in [0.15, 0.2) is 53.4 Å². The first-order chi connectivity index (χ1) is 16.6. The Labute approximate surface area is 201 Å². The van der Waals surface area contributed by atoms with Gasteiger partial charge in [-0.05, 0) is 37.1 Å². The number of nitro groups is 1. The summed E-state index contributed by atoms with van der Waals surface area (Å²) in [6, 6.07) is 10.5. The lowest BCUT2D eigenvalue weighted by Gasteiger charge is -2.36. The van der Waals surface area contributed by atoms with Crippen molar-refractivity contribution in [1.29, 1.82) is 0 Å². The van der Waals surface area contributed by atoms with Gasteiger partial charge in [0.1, 0.15) is 12.3 Å². The number of benzene rings is 2. The van der Waals surface area contributed by atoms with Gasteiger partial charge in [-0.15, -0.1) is 0 Å². The van der Waals surface area contributed by atoms with Crippen LogP contribution < -0.4 is 9.46 Å². The third-order valence-electron chi connectivity index (χ3n) is 6.08. The van der Waals surface area contributed by atoms with Gasteiger partial charge in [0.2, 0.25) is 5.91 Å². The van der Waals surface area contributed by atoms with E-state index in [0.717, 1.165) is 31.0 Å². The molecule has 0 bridgehead atoms. The van der Waals surface area contributed by atoms with Crippen molar-refractivity contribution in [3.63, 3.8) is 0 Å². The van der Waals surface area contributed by atoms with Crippen LogP contribution in [0.1, 0.15) is 36.0 Å². The third kappa shape index (κ3) is 5.76. The number of nitrogens with zero attached hydrogens (tertiary/aromatic N) is 2. The Balaban J connectivity index is 1.43. The molecule has 2 amide bonds. The number of amides is 2. The number of ether oxygens (including phenoxy) is 1. The minimum absolute atomic E-state index is 0.0389. The summed E-state index contributed by atoms with van der Waals surface area (Å²) in [4.78, 5) is 36.2. The van der Waals surface area contributed by atoms with Crippen LogP contribution in [-0.4, -0.2) is 55.4 Å². The van der Waals surface area contributed by atoms with Gasteiger partial charge in [0.05, 0.1) is 9.82 Å². The number of nitrogens with one attached hydrogen (secondary N) is 1. The van der Waals surface area contributed by atoms with Crippen LogP contribution in [-0.2, 0) is 14.8 Å². The zero-order valence-corrected chi connectivity index (χ0v) is 19.5. The lowest BCUT2D eigenvalue weighted by molar-refractivity contribution is -0.386. The van der Waals surface area contributed by atoms with Crippen LogP contribution in [0, 0.1) is 16.0 Å². The average molecular weight is 506 g/mol. The number of halogens is 1. The molecule has 0 spiro atoms. The molecule has 0 unspecified atom stereocenters. The minimum atomic E-state index is -4.42. The first kappa shape index (κ1) is 24.6. The fraction of sp³-hybridized carbons (Fsp3) is 0.391. The van der Waals surface area contributed by atoms with Crippen molar-refractivity contribution in [2.24, 2.45) is 5.92 Å². The van der Waals surface area contributed by atoms with Gasteiger partial charge < -0.3 is 9.64 Å². The Hall–Kier alpha value is -3.54. The third-order valence-corrected chi connectivity index (χ3v) is 7.41. The summed E-state index contributed by atoms with van der Waals surface area (Å²) in [6.45, 7) is 0.0152. The summed E-state index contributed by atoms with van der Waals surface area (Å²) >= 11 is 0. The standard InChI is InChI=1S/C23H24FN3O7S/c24-23(10-12-26(13-11-23)22(29)17-6-7-17)15-34-20-9-8-18(14-19(20)27(30)31)35(32,33)25-21(28)16-4-2-1-3-5-16/h1-5,8-9,14,17H,6-7,10-13,15H2,(H,25,28). The van der Waals surface area contributed by atoms with Gasteiger partial charge in [-0.3, -0.25) is 19.7 Å². The number of likely N-dealkylation sites (tertiary alicyclic amines) is 1. The summed E-state index contributed by atoms with van der Waals surface area (Å²) in [7, 11) is -4.42. The van der Waals surface area contributed by atoms with Crippen LogP contribution in [0.3, 0.4) is 0 Å². The number of sulfonamides is 1. The molecular weight excluding hydrogens is 481 g/mol. The highest BCUT2D eigenvalue weighted by molar-refractivity contribution is 7.90. The van der Waals surface area contributed by atoms with Crippen LogP contribution in [0.25, 0.3) is 0 Å². The maximum atomic E-state index is 15.2. The van der Waals surface area contributed by atoms with E-state index in [0.29, 0.717) is 0 Å². The van der Waals surface area contributed by atoms with E-state index in [9.17, 15) is 28.1 Å². The van der Waals surface area contributed by atoms with E-state index in [-0.39, 0.29) is 49.1 Å². The highest BCUT2D eigenvalue weighted by atomic mass is 32.2. The molecule has 2 fully saturated rings. The van der Waals surface area contributed by atoms with E-state index in [4.69, 9.17) is 4.74 Å². The summed E-state index contributed by atoms with van der Waals surface area (Å²) in [6.07, 6.45) is 1.81. The predicted octanol–water partition coefficient (Wildman–Crippen LogP) is 2.83. The Bertz CT molecular complexity index is 1240. The predicted molar refractivity (Wildman–Crippen MR) is 122 cm³/mol. The number of alkyl halides is 1. The largest absolute Gasteiger partial charge is 0.483 e. The summed E-state index contributed by atoms with van der Waals surface area (Å²) in [5, 5.41) is 11.6. The maximum Gasteiger partial charge on any atom is 0.312 e.